The maximum atomic E-state index is 12.6. The summed E-state index contributed by atoms with van der Waals surface area (Å²) in [5.41, 5.74) is -1.08. The molecule has 2 aliphatic rings. The second-order valence-corrected chi connectivity index (χ2v) is 6.15. The number of carboxylic acids is 1. The van der Waals surface area contributed by atoms with Gasteiger partial charge in [-0.3, -0.25) is 4.79 Å². The van der Waals surface area contributed by atoms with E-state index in [9.17, 15) is 27.9 Å². The number of hydrogen-bond acceptors (Lipinski definition) is 2. The minimum Gasteiger partial charge on any atom is -0.481 e. The summed E-state index contributed by atoms with van der Waals surface area (Å²) in [5, 5.41) is 9.21. The highest BCUT2D eigenvalue weighted by Gasteiger charge is 2.45. The number of nitrogens with zero attached hydrogens (tertiary/aromatic N) is 2. The van der Waals surface area contributed by atoms with Gasteiger partial charge in [0.25, 0.3) is 0 Å². The van der Waals surface area contributed by atoms with Crippen LogP contribution in [-0.4, -0.2) is 58.8 Å². The zero-order chi connectivity index (χ0) is 15.8. The van der Waals surface area contributed by atoms with Crippen molar-refractivity contribution in [3.63, 3.8) is 0 Å². The van der Waals surface area contributed by atoms with Crippen LogP contribution >= 0.6 is 0 Å². The molecule has 120 valence electrons. The lowest BCUT2D eigenvalue weighted by molar-refractivity contribution is -0.152. The molecule has 0 bridgehead atoms. The summed E-state index contributed by atoms with van der Waals surface area (Å²) in [6.45, 7) is 0.530. The fourth-order valence-electron chi connectivity index (χ4n) is 2.69. The Morgan fingerprint density at radius 3 is 2.48 bits per heavy atom. The molecule has 21 heavy (non-hydrogen) atoms. The molecule has 1 saturated carbocycles. The summed E-state index contributed by atoms with van der Waals surface area (Å²) in [7, 11) is 0. The van der Waals surface area contributed by atoms with E-state index < -0.39 is 30.1 Å². The Hall–Kier alpha value is -1.47. The largest absolute Gasteiger partial charge is 0.481 e. The Bertz CT molecular complexity index is 437. The van der Waals surface area contributed by atoms with E-state index in [1.807, 2.05) is 0 Å². The molecule has 0 spiro atoms. The van der Waals surface area contributed by atoms with Gasteiger partial charge in [-0.25, -0.2) is 4.79 Å². The van der Waals surface area contributed by atoms with Crippen LogP contribution in [0.15, 0.2) is 0 Å². The third-order valence-electron chi connectivity index (χ3n) is 4.07. The smallest absolute Gasteiger partial charge is 0.406 e. The molecular weight excluding hydrogens is 289 g/mol. The standard InChI is InChI=1S/C13H19F3N2O3/c1-12(10(19)20)5-2-6-17(7-12)11(21)18(9-3-4-9)8-13(14,15)16/h9H,2-8H2,1H3,(H,19,20). The summed E-state index contributed by atoms with van der Waals surface area (Å²) in [5.74, 6) is -1.02. The Balaban J connectivity index is 2.08. The Morgan fingerprint density at radius 1 is 1.38 bits per heavy atom. The van der Waals surface area contributed by atoms with Crippen LogP contribution < -0.4 is 0 Å². The average molecular weight is 308 g/mol. The second kappa shape index (κ2) is 5.38. The third kappa shape index (κ3) is 3.79. The summed E-state index contributed by atoms with van der Waals surface area (Å²) < 4.78 is 37.8. The predicted molar refractivity (Wildman–Crippen MR) is 67.7 cm³/mol. The lowest BCUT2D eigenvalue weighted by atomic mass is 9.82. The highest BCUT2D eigenvalue weighted by Crippen LogP contribution is 2.34. The molecule has 0 radical (unpaired) electrons. The van der Waals surface area contributed by atoms with E-state index in [0.717, 1.165) is 4.90 Å². The van der Waals surface area contributed by atoms with Crippen molar-refractivity contribution in [2.75, 3.05) is 19.6 Å². The van der Waals surface area contributed by atoms with Crippen LogP contribution in [-0.2, 0) is 4.79 Å². The summed E-state index contributed by atoms with van der Waals surface area (Å²) >= 11 is 0. The molecule has 1 heterocycles. The summed E-state index contributed by atoms with van der Waals surface area (Å²) in [6, 6.07) is -1.06. The van der Waals surface area contributed by atoms with E-state index in [1.54, 1.807) is 0 Å². The number of urea groups is 1. The van der Waals surface area contributed by atoms with Crippen molar-refractivity contribution in [3.8, 4) is 0 Å². The SMILES string of the molecule is CC1(C(=O)O)CCCN(C(=O)N(CC(F)(F)F)C2CC2)C1. The minimum absolute atomic E-state index is 0.0394. The van der Waals surface area contributed by atoms with E-state index in [2.05, 4.69) is 0 Å². The molecule has 8 heteroatoms. The number of carboxylic acid groups (broad SMARTS) is 1. The molecule has 2 amide bonds. The number of carbonyl (C=O) groups excluding carboxylic acids is 1. The van der Waals surface area contributed by atoms with Crippen molar-refractivity contribution in [2.24, 2.45) is 5.41 Å². The van der Waals surface area contributed by atoms with Gasteiger partial charge < -0.3 is 14.9 Å². The van der Waals surface area contributed by atoms with Crippen LogP contribution in [0.4, 0.5) is 18.0 Å². The maximum Gasteiger partial charge on any atom is 0.406 e. The number of rotatable bonds is 3. The van der Waals surface area contributed by atoms with Gasteiger partial charge in [-0.05, 0) is 32.6 Å². The fraction of sp³-hybridized carbons (Fsp3) is 0.846. The van der Waals surface area contributed by atoms with E-state index in [-0.39, 0.29) is 12.6 Å². The van der Waals surface area contributed by atoms with Crippen LogP contribution in [0.3, 0.4) is 0 Å². The minimum atomic E-state index is -4.44. The predicted octanol–water partition coefficient (Wildman–Crippen LogP) is 2.32. The van der Waals surface area contributed by atoms with Gasteiger partial charge in [0.05, 0.1) is 5.41 Å². The molecule has 2 fully saturated rings. The molecule has 1 aliphatic carbocycles. The van der Waals surface area contributed by atoms with Crippen molar-refractivity contribution in [3.05, 3.63) is 0 Å². The molecule has 5 nitrogen and oxygen atoms in total. The Kier molecular flexibility index (Phi) is 4.08. The van der Waals surface area contributed by atoms with Crippen LogP contribution in [0, 0.1) is 5.41 Å². The normalized spacial score (nSPS) is 26.6. The quantitative estimate of drug-likeness (QED) is 0.870. The van der Waals surface area contributed by atoms with Crippen LogP contribution in [0.2, 0.25) is 0 Å². The lowest BCUT2D eigenvalue weighted by Crippen LogP contribution is -2.54. The first-order chi connectivity index (χ1) is 9.62. The van der Waals surface area contributed by atoms with Crippen molar-refractivity contribution in [1.82, 2.24) is 9.80 Å². The van der Waals surface area contributed by atoms with Gasteiger partial charge in [0, 0.05) is 19.1 Å². The van der Waals surface area contributed by atoms with Crippen LogP contribution in [0.1, 0.15) is 32.6 Å². The molecule has 1 N–H and O–H groups in total. The molecule has 0 aromatic carbocycles. The summed E-state index contributed by atoms with van der Waals surface area (Å²) in [6.07, 6.45) is -2.38. The first kappa shape index (κ1) is 15.9. The molecular formula is C13H19F3N2O3. The molecule has 1 aliphatic heterocycles. The van der Waals surface area contributed by atoms with E-state index in [1.165, 1.54) is 11.8 Å². The highest BCUT2D eigenvalue weighted by molar-refractivity contribution is 5.79. The van der Waals surface area contributed by atoms with Crippen molar-refractivity contribution < 1.29 is 27.9 Å². The highest BCUT2D eigenvalue weighted by atomic mass is 19.4. The number of alkyl halides is 3. The van der Waals surface area contributed by atoms with Gasteiger partial charge in [0.1, 0.15) is 6.54 Å². The van der Waals surface area contributed by atoms with E-state index in [4.69, 9.17) is 0 Å². The number of likely N-dealkylation sites (tertiary alicyclic amines) is 1. The van der Waals surface area contributed by atoms with Crippen LogP contribution in [0.25, 0.3) is 0 Å². The molecule has 1 saturated heterocycles. The summed E-state index contributed by atoms with van der Waals surface area (Å²) in [4.78, 5) is 25.7. The Morgan fingerprint density at radius 2 is 2.00 bits per heavy atom. The monoisotopic (exact) mass is 308 g/mol. The zero-order valence-corrected chi connectivity index (χ0v) is 11.8. The van der Waals surface area contributed by atoms with Gasteiger partial charge >= 0.3 is 18.2 Å². The molecule has 0 aromatic heterocycles. The topological polar surface area (TPSA) is 60.9 Å². The number of piperidine rings is 1. The number of aliphatic carboxylic acids is 1. The van der Waals surface area contributed by atoms with Crippen molar-refractivity contribution in [1.29, 1.82) is 0 Å². The van der Waals surface area contributed by atoms with Gasteiger partial charge in [-0.15, -0.1) is 0 Å². The number of amides is 2. The average Bonchev–Trinajstić information content (AvgIpc) is 3.18. The number of carbonyl (C=O) groups is 2. The first-order valence-corrected chi connectivity index (χ1v) is 6.98. The first-order valence-electron chi connectivity index (χ1n) is 6.98. The van der Waals surface area contributed by atoms with Crippen molar-refractivity contribution >= 4 is 12.0 Å². The number of halogens is 3. The van der Waals surface area contributed by atoms with E-state index >= 15 is 0 Å². The fourth-order valence-corrected chi connectivity index (χ4v) is 2.69. The van der Waals surface area contributed by atoms with Gasteiger partial charge in [-0.2, -0.15) is 13.2 Å². The Labute approximate surface area is 120 Å². The molecule has 1 unspecified atom stereocenters. The maximum absolute atomic E-state index is 12.6. The number of hydrogen-bond donors (Lipinski definition) is 1. The van der Waals surface area contributed by atoms with Gasteiger partial charge in [-0.1, -0.05) is 0 Å². The molecule has 1 atom stereocenters. The lowest BCUT2D eigenvalue weighted by Gasteiger charge is -2.40. The molecule has 2 rings (SSSR count). The third-order valence-corrected chi connectivity index (χ3v) is 4.07. The second-order valence-electron chi connectivity index (χ2n) is 6.15. The van der Waals surface area contributed by atoms with Gasteiger partial charge in [0.2, 0.25) is 0 Å². The van der Waals surface area contributed by atoms with Gasteiger partial charge in [0.15, 0.2) is 0 Å². The van der Waals surface area contributed by atoms with E-state index in [0.29, 0.717) is 32.2 Å². The van der Waals surface area contributed by atoms with Crippen molar-refractivity contribution in [2.45, 2.75) is 44.8 Å². The molecule has 0 aromatic rings. The zero-order valence-electron chi connectivity index (χ0n) is 11.8. The van der Waals surface area contributed by atoms with Crippen LogP contribution in [0.5, 0.6) is 0 Å².